The van der Waals surface area contributed by atoms with Gasteiger partial charge >= 0.3 is 0 Å². The van der Waals surface area contributed by atoms with E-state index in [-0.39, 0.29) is 0 Å². The average molecular weight is 168 g/mol. The Morgan fingerprint density at radius 2 is 1.83 bits per heavy atom. The SMILES string of the molecule is NCC1CCCCC1NC1CC1. The van der Waals surface area contributed by atoms with Crippen molar-refractivity contribution in [2.24, 2.45) is 11.7 Å². The van der Waals surface area contributed by atoms with Gasteiger partial charge in [-0.25, -0.2) is 0 Å². The third-order valence-corrected chi connectivity index (χ3v) is 3.24. The molecule has 0 radical (unpaired) electrons. The molecule has 0 saturated heterocycles. The van der Waals surface area contributed by atoms with E-state index < -0.39 is 0 Å². The second-order valence-electron chi connectivity index (χ2n) is 4.33. The molecule has 0 spiro atoms. The fourth-order valence-electron chi connectivity index (χ4n) is 2.26. The average Bonchev–Trinajstić information content (AvgIpc) is 2.89. The number of nitrogens with one attached hydrogen (secondary N) is 1. The number of hydrogen-bond donors (Lipinski definition) is 2. The molecule has 2 saturated carbocycles. The van der Waals surface area contributed by atoms with Crippen molar-refractivity contribution in [3.63, 3.8) is 0 Å². The lowest BCUT2D eigenvalue weighted by molar-refractivity contribution is 0.266. The van der Waals surface area contributed by atoms with E-state index in [0.29, 0.717) is 0 Å². The molecule has 3 N–H and O–H groups in total. The van der Waals surface area contributed by atoms with Crippen LogP contribution in [0, 0.1) is 5.92 Å². The maximum absolute atomic E-state index is 5.75. The lowest BCUT2D eigenvalue weighted by Crippen LogP contribution is -2.42. The van der Waals surface area contributed by atoms with Gasteiger partial charge in [-0.1, -0.05) is 12.8 Å². The van der Waals surface area contributed by atoms with E-state index in [1.807, 2.05) is 0 Å². The lowest BCUT2D eigenvalue weighted by Gasteiger charge is -2.31. The number of rotatable bonds is 3. The molecule has 2 atom stereocenters. The highest BCUT2D eigenvalue weighted by molar-refractivity contribution is 4.89. The molecule has 0 amide bonds. The minimum atomic E-state index is 0.747. The zero-order valence-corrected chi connectivity index (χ0v) is 7.76. The second kappa shape index (κ2) is 3.75. The summed E-state index contributed by atoms with van der Waals surface area (Å²) < 4.78 is 0. The fourth-order valence-corrected chi connectivity index (χ4v) is 2.26. The third-order valence-electron chi connectivity index (χ3n) is 3.24. The normalized spacial score (nSPS) is 36.8. The summed E-state index contributed by atoms with van der Waals surface area (Å²) in [5.74, 6) is 0.763. The molecular weight excluding hydrogens is 148 g/mol. The van der Waals surface area contributed by atoms with E-state index in [1.165, 1.54) is 38.5 Å². The van der Waals surface area contributed by atoms with E-state index in [0.717, 1.165) is 24.5 Å². The predicted octanol–water partition coefficient (Wildman–Crippen LogP) is 1.26. The quantitative estimate of drug-likeness (QED) is 0.665. The Hall–Kier alpha value is -0.0800. The highest BCUT2D eigenvalue weighted by atomic mass is 15.0. The molecule has 0 aromatic carbocycles. The van der Waals surface area contributed by atoms with Gasteiger partial charge in [-0.05, 0) is 38.1 Å². The van der Waals surface area contributed by atoms with Crippen molar-refractivity contribution >= 4 is 0 Å². The van der Waals surface area contributed by atoms with Crippen molar-refractivity contribution in [1.82, 2.24) is 5.32 Å². The lowest BCUT2D eigenvalue weighted by atomic mass is 9.84. The predicted molar refractivity (Wildman–Crippen MR) is 51.0 cm³/mol. The van der Waals surface area contributed by atoms with Gasteiger partial charge in [0.15, 0.2) is 0 Å². The van der Waals surface area contributed by atoms with Gasteiger partial charge in [-0.3, -0.25) is 0 Å². The van der Waals surface area contributed by atoms with E-state index in [4.69, 9.17) is 5.73 Å². The Labute approximate surface area is 74.9 Å². The summed E-state index contributed by atoms with van der Waals surface area (Å²) in [4.78, 5) is 0. The standard InChI is InChI=1S/C10H20N2/c11-7-8-3-1-2-4-10(8)12-9-5-6-9/h8-10,12H,1-7,11H2. The molecule has 2 aliphatic carbocycles. The van der Waals surface area contributed by atoms with Crippen molar-refractivity contribution in [1.29, 1.82) is 0 Å². The van der Waals surface area contributed by atoms with Gasteiger partial charge in [-0.2, -0.15) is 0 Å². The highest BCUT2D eigenvalue weighted by Gasteiger charge is 2.29. The van der Waals surface area contributed by atoms with E-state index in [9.17, 15) is 0 Å². The third kappa shape index (κ3) is 1.99. The summed E-state index contributed by atoms with van der Waals surface area (Å²) in [6, 6.07) is 1.60. The van der Waals surface area contributed by atoms with Crippen LogP contribution in [0.1, 0.15) is 38.5 Å². The molecule has 12 heavy (non-hydrogen) atoms. The molecule has 0 aromatic rings. The van der Waals surface area contributed by atoms with Crippen LogP contribution >= 0.6 is 0 Å². The van der Waals surface area contributed by atoms with Crippen molar-refractivity contribution in [3.8, 4) is 0 Å². The minimum Gasteiger partial charge on any atom is -0.330 e. The van der Waals surface area contributed by atoms with E-state index in [1.54, 1.807) is 0 Å². The van der Waals surface area contributed by atoms with Crippen LogP contribution in [-0.2, 0) is 0 Å². The molecule has 0 aliphatic heterocycles. The van der Waals surface area contributed by atoms with E-state index in [2.05, 4.69) is 5.32 Å². The zero-order chi connectivity index (χ0) is 8.39. The molecule has 0 bridgehead atoms. The first-order valence-electron chi connectivity index (χ1n) is 5.36. The Kier molecular flexibility index (Phi) is 2.66. The Bertz CT molecular complexity index is 143. The summed E-state index contributed by atoms with van der Waals surface area (Å²) in [7, 11) is 0. The van der Waals surface area contributed by atoms with Crippen molar-refractivity contribution in [3.05, 3.63) is 0 Å². The van der Waals surface area contributed by atoms with Crippen molar-refractivity contribution < 1.29 is 0 Å². The largest absolute Gasteiger partial charge is 0.330 e. The fraction of sp³-hybridized carbons (Fsp3) is 1.00. The zero-order valence-electron chi connectivity index (χ0n) is 7.76. The molecule has 2 aliphatic rings. The van der Waals surface area contributed by atoms with Gasteiger partial charge < -0.3 is 11.1 Å². The van der Waals surface area contributed by atoms with Crippen molar-refractivity contribution in [2.75, 3.05) is 6.54 Å². The smallest absolute Gasteiger partial charge is 0.0110 e. The maximum Gasteiger partial charge on any atom is 0.0110 e. The van der Waals surface area contributed by atoms with Gasteiger partial charge in [0.25, 0.3) is 0 Å². The monoisotopic (exact) mass is 168 g/mol. The van der Waals surface area contributed by atoms with Crippen LogP contribution in [0.3, 0.4) is 0 Å². The Morgan fingerprint density at radius 1 is 1.08 bits per heavy atom. The maximum atomic E-state index is 5.75. The van der Waals surface area contributed by atoms with Gasteiger partial charge in [0.05, 0.1) is 0 Å². The summed E-state index contributed by atoms with van der Waals surface area (Å²) >= 11 is 0. The van der Waals surface area contributed by atoms with Crippen LogP contribution < -0.4 is 11.1 Å². The van der Waals surface area contributed by atoms with Crippen LogP contribution in [0.15, 0.2) is 0 Å². The Morgan fingerprint density at radius 3 is 2.50 bits per heavy atom. The number of nitrogens with two attached hydrogens (primary N) is 1. The molecule has 2 heteroatoms. The van der Waals surface area contributed by atoms with Gasteiger partial charge in [0.2, 0.25) is 0 Å². The van der Waals surface area contributed by atoms with Crippen LogP contribution in [0.25, 0.3) is 0 Å². The molecule has 0 aromatic heterocycles. The first-order chi connectivity index (χ1) is 5.90. The molecule has 2 unspecified atom stereocenters. The second-order valence-corrected chi connectivity index (χ2v) is 4.33. The molecular formula is C10H20N2. The Balaban J connectivity index is 1.81. The topological polar surface area (TPSA) is 38.0 Å². The van der Waals surface area contributed by atoms with Gasteiger partial charge in [-0.15, -0.1) is 0 Å². The van der Waals surface area contributed by atoms with Gasteiger partial charge in [0.1, 0.15) is 0 Å². The highest BCUT2D eigenvalue weighted by Crippen LogP contribution is 2.27. The minimum absolute atomic E-state index is 0.747. The summed E-state index contributed by atoms with van der Waals surface area (Å²) in [5.41, 5.74) is 5.75. The molecule has 70 valence electrons. The number of hydrogen-bond acceptors (Lipinski definition) is 2. The van der Waals surface area contributed by atoms with Crippen LogP contribution in [0.5, 0.6) is 0 Å². The summed E-state index contributed by atoms with van der Waals surface area (Å²) in [6.45, 7) is 0.879. The van der Waals surface area contributed by atoms with Crippen LogP contribution in [0.4, 0.5) is 0 Å². The van der Waals surface area contributed by atoms with Crippen molar-refractivity contribution in [2.45, 2.75) is 50.6 Å². The van der Waals surface area contributed by atoms with Crippen LogP contribution in [0.2, 0.25) is 0 Å². The molecule has 2 rings (SSSR count). The molecule has 0 heterocycles. The first kappa shape index (κ1) is 8.52. The van der Waals surface area contributed by atoms with Gasteiger partial charge in [0, 0.05) is 12.1 Å². The summed E-state index contributed by atoms with van der Waals surface area (Å²) in [5, 5.41) is 3.71. The van der Waals surface area contributed by atoms with Crippen LogP contribution in [-0.4, -0.2) is 18.6 Å². The van der Waals surface area contributed by atoms with E-state index >= 15 is 0 Å². The first-order valence-corrected chi connectivity index (χ1v) is 5.36. The summed E-state index contributed by atoms with van der Waals surface area (Å²) in [6.07, 6.45) is 8.30. The molecule has 2 fully saturated rings. The molecule has 2 nitrogen and oxygen atoms in total.